The quantitative estimate of drug-likeness (QED) is 0.306. The Labute approximate surface area is 148 Å². The molecule has 1 aliphatic heterocycles. The molecule has 0 aliphatic carbocycles. The highest BCUT2D eigenvalue weighted by Crippen LogP contribution is 2.15. The van der Waals surface area contributed by atoms with Crippen molar-refractivity contribution >= 4 is 34.6 Å². The molecular formula is C16H24ClN4OS+. The predicted octanol–water partition coefficient (Wildman–Crippen LogP) is 0.833. The van der Waals surface area contributed by atoms with Gasteiger partial charge in [-0.05, 0) is 25.2 Å². The van der Waals surface area contributed by atoms with Crippen molar-refractivity contribution in [1.29, 1.82) is 0 Å². The Balaban J connectivity index is 1.66. The van der Waals surface area contributed by atoms with Crippen LogP contribution in [0.25, 0.3) is 0 Å². The number of ether oxygens (including phenoxy) is 1. The van der Waals surface area contributed by atoms with Gasteiger partial charge in [0.2, 0.25) is 0 Å². The van der Waals surface area contributed by atoms with Crippen molar-refractivity contribution in [2.75, 3.05) is 39.4 Å². The highest BCUT2D eigenvalue weighted by atomic mass is 35.5. The predicted molar refractivity (Wildman–Crippen MR) is 98.4 cm³/mol. The Bertz CT molecular complexity index is 547. The van der Waals surface area contributed by atoms with Gasteiger partial charge in [0.1, 0.15) is 13.1 Å². The fourth-order valence-electron chi connectivity index (χ4n) is 2.44. The molecule has 0 amide bonds. The van der Waals surface area contributed by atoms with Crippen LogP contribution in [-0.2, 0) is 4.74 Å². The zero-order chi connectivity index (χ0) is 16.5. The van der Waals surface area contributed by atoms with Crippen LogP contribution in [0.2, 0.25) is 5.02 Å². The largest absolute Gasteiger partial charge is 0.370 e. The minimum absolute atomic E-state index is 0.536. The molecule has 0 spiro atoms. The lowest BCUT2D eigenvalue weighted by atomic mass is 10.1. The third kappa shape index (κ3) is 6.43. The summed E-state index contributed by atoms with van der Waals surface area (Å²) in [6.07, 6.45) is 1.07. The van der Waals surface area contributed by atoms with E-state index in [1.165, 1.54) is 0 Å². The van der Waals surface area contributed by atoms with E-state index in [4.69, 9.17) is 28.6 Å². The van der Waals surface area contributed by atoms with Crippen molar-refractivity contribution in [3.63, 3.8) is 0 Å². The fourth-order valence-corrected chi connectivity index (χ4v) is 2.86. The van der Waals surface area contributed by atoms with Gasteiger partial charge >= 0.3 is 0 Å². The third-order valence-corrected chi connectivity index (χ3v) is 4.35. The molecule has 1 aliphatic rings. The van der Waals surface area contributed by atoms with E-state index < -0.39 is 0 Å². The maximum Gasteiger partial charge on any atom is 0.186 e. The number of nitrogens with one attached hydrogen (secondary N) is 3. The summed E-state index contributed by atoms with van der Waals surface area (Å²) in [6, 6.07) is 7.62. The molecule has 23 heavy (non-hydrogen) atoms. The summed E-state index contributed by atoms with van der Waals surface area (Å²) in [5, 5.41) is 8.68. The lowest BCUT2D eigenvalue weighted by Crippen LogP contribution is -3.14. The van der Waals surface area contributed by atoms with Crippen LogP contribution in [0.3, 0.4) is 0 Å². The van der Waals surface area contributed by atoms with Crippen LogP contribution in [0.15, 0.2) is 29.4 Å². The summed E-state index contributed by atoms with van der Waals surface area (Å²) in [5.74, 6) is 0. The van der Waals surface area contributed by atoms with E-state index in [0.29, 0.717) is 10.1 Å². The standard InChI is InChI=1S/C16H23ClN4OS/c1-13(14-5-2-3-6-15(14)17)19-20-16(23)18-7-4-8-21-9-11-22-12-10-21/h2-3,5-6H,4,7-12H2,1H3,(H2,18,20,23)/p+1/b19-13-. The molecule has 0 radical (unpaired) electrons. The number of benzene rings is 1. The van der Waals surface area contributed by atoms with Crippen molar-refractivity contribution in [1.82, 2.24) is 10.7 Å². The van der Waals surface area contributed by atoms with Gasteiger partial charge in [-0.1, -0.05) is 29.8 Å². The Hall–Kier alpha value is -1.21. The van der Waals surface area contributed by atoms with E-state index in [0.717, 1.165) is 57.1 Å². The van der Waals surface area contributed by atoms with Gasteiger partial charge in [0.15, 0.2) is 5.11 Å². The van der Waals surface area contributed by atoms with Crippen LogP contribution in [0.1, 0.15) is 18.9 Å². The van der Waals surface area contributed by atoms with Gasteiger partial charge in [-0.2, -0.15) is 5.10 Å². The van der Waals surface area contributed by atoms with Gasteiger partial charge in [-0.3, -0.25) is 5.43 Å². The molecular weight excluding hydrogens is 332 g/mol. The molecule has 1 aromatic rings. The molecule has 1 saturated heterocycles. The summed E-state index contributed by atoms with van der Waals surface area (Å²) in [7, 11) is 0. The van der Waals surface area contributed by atoms with Crippen LogP contribution in [-0.4, -0.2) is 50.2 Å². The van der Waals surface area contributed by atoms with Gasteiger partial charge in [0.05, 0.1) is 25.5 Å². The number of morpholine rings is 1. The number of rotatable bonds is 6. The lowest BCUT2D eigenvalue weighted by molar-refractivity contribution is -0.908. The SMILES string of the molecule is C/C(=N/NC(=S)NCCC[NH+]1CCOCC1)c1ccccc1Cl. The van der Waals surface area contributed by atoms with Crippen molar-refractivity contribution in [2.24, 2.45) is 5.10 Å². The van der Waals surface area contributed by atoms with Gasteiger partial charge < -0.3 is 15.0 Å². The number of hydrogen-bond donors (Lipinski definition) is 3. The molecule has 2 rings (SSSR count). The second kappa shape index (κ2) is 9.82. The van der Waals surface area contributed by atoms with Crippen LogP contribution in [0.5, 0.6) is 0 Å². The first-order valence-corrected chi connectivity index (χ1v) is 8.70. The summed E-state index contributed by atoms with van der Waals surface area (Å²) in [4.78, 5) is 1.60. The minimum atomic E-state index is 0.536. The topological polar surface area (TPSA) is 50.1 Å². The maximum absolute atomic E-state index is 6.14. The van der Waals surface area contributed by atoms with Crippen LogP contribution < -0.4 is 15.6 Å². The molecule has 5 nitrogen and oxygen atoms in total. The van der Waals surface area contributed by atoms with E-state index in [1.54, 1.807) is 4.90 Å². The molecule has 126 valence electrons. The molecule has 1 aromatic carbocycles. The van der Waals surface area contributed by atoms with Gasteiger partial charge in [-0.15, -0.1) is 0 Å². The second-order valence-electron chi connectivity index (χ2n) is 5.51. The third-order valence-electron chi connectivity index (χ3n) is 3.78. The molecule has 0 bridgehead atoms. The molecule has 0 aromatic heterocycles. The highest BCUT2D eigenvalue weighted by molar-refractivity contribution is 7.80. The summed E-state index contributed by atoms with van der Waals surface area (Å²) >= 11 is 11.4. The lowest BCUT2D eigenvalue weighted by Gasteiger charge is -2.23. The first-order chi connectivity index (χ1) is 11.2. The Kier molecular flexibility index (Phi) is 7.74. The van der Waals surface area contributed by atoms with Crippen LogP contribution in [0, 0.1) is 0 Å². The number of hydrogen-bond acceptors (Lipinski definition) is 3. The maximum atomic E-state index is 6.14. The van der Waals surface area contributed by atoms with E-state index in [2.05, 4.69) is 15.8 Å². The van der Waals surface area contributed by atoms with Crippen molar-refractivity contribution in [3.8, 4) is 0 Å². The van der Waals surface area contributed by atoms with E-state index >= 15 is 0 Å². The number of nitrogens with zero attached hydrogens (tertiary/aromatic N) is 1. The molecule has 1 heterocycles. The summed E-state index contributed by atoms with van der Waals surface area (Å²) < 4.78 is 5.35. The average molecular weight is 356 g/mol. The molecule has 0 atom stereocenters. The van der Waals surface area contributed by atoms with E-state index in [1.807, 2.05) is 31.2 Å². The average Bonchev–Trinajstić information content (AvgIpc) is 2.58. The van der Waals surface area contributed by atoms with Crippen LogP contribution >= 0.6 is 23.8 Å². The number of halogens is 1. The van der Waals surface area contributed by atoms with Crippen molar-refractivity contribution in [3.05, 3.63) is 34.9 Å². The van der Waals surface area contributed by atoms with Crippen molar-refractivity contribution < 1.29 is 9.64 Å². The van der Waals surface area contributed by atoms with E-state index in [9.17, 15) is 0 Å². The zero-order valence-corrected chi connectivity index (χ0v) is 15.0. The Morgan fingerprint density at radius 3 is 2.83 bits per heavy atom. The first-order valence-electron chi connectivity index (χ1n) is 7.91. The second-order valence-corrected chi connectivity index (χ2v) is 6.33. The monoisotopic (exact) mass is 355 g/mol. The molecule has 3 N–H and O–H groups in total. The number of quaternary nitrogens is 1. The zero-order valence-electron chi connectivity index (χ0n) is 13.4. The summed E-state index contributed by atoms with van der Waals surface area (Å²) in [6.45, 7) is 7.84. The molecule has 0 saturated carbocycles. The molecule has 0 unspecified atom stereocenters. The minimum Gasteiger partial charge on any atom is -0.370 e. The normalized spacial score (nSPS) is 16.2. The molecule has 1 fully saturated rings. The first kappa shape index (κ1) is 18.1. The van der Waals surface area contributed by atoms with Gasteiger partial charge in [-0.25, -0.2) is 0 Å². The fraction of sp³-hybridized carbons (Fsp3) is 0.500. The number of hydrazone groups is 1. The Morgan fingerprint density at radius 2 is 2.09 bits per heavy atom. The Morgan fingerprint density at radius 1 is 1.35 bits per heavy atom. The van der Waals surface area contributed by atoms with Gasteiger partial charge in [0, 0.05) is 23.6 Å². The van der Waals surface area contributed by atoms with Gasteiger partial charge in [0.25, 0.3) is 0 Å². The van der Waals surface area contributed by atoms with E-state index in [-0.39, 0.29) is 0 Å². The van der Waals surface area contributed by atoms with Crippen LogP contribution in [0.4, 0.5) is 0 Å². The number of thiocarbonyl (C=S) groups is 1. The molecule has 7 heteroatoms. The highest BCUT2D eigenvalue weighted by Gasteiger charge is 2.12. The summed E-state index contributed by atoms with van der Waals surface area (Å²) in [5.41, 5.74) is 4.58. The smallest absolute Gasteiger partial charge is 0.186 e. The van der Waals surface area contributed by atoms with Crippen molar-refractivity contribution in [2.45, 2.75) is 13.3 Å².